The zero-order valence-electron chi connectivity index (χ0n) is 13.8. The van der Waals surface area contributed by atoms with Crippen molar-refractivity contribution in [2.75, 3.05) is 19.6 Å². The number of aromatic nitrogens is 1. The Hall–Kier alpha value is -0.360. The third kappa shape index (κ3) is 4.59. The Kier molecular flexibility index (Phi) is 7.78. The fourth-order valence-electron chi connectivity index (χ4n) is 3.53. The number of nitrogens with one attached hydrogen (secondary N) is 2. The molecule has 1 aliphatic heterocycles. The third-order valence-corrected chi connectivity index (χ3v) is 6.09. The molecule has 3 rings (SSSR count). The number of hydrogen-bond donors (Lipinski definition) is 2. The molecule has 1 aromatic rings. The van der Waals surface area contributed by atoms with Gasteiger partial charge in [-0.25, -0.2) is 4.98 Å². The van der Waals surface area contributed by atoms with Crippen molar-refractivity contribution >= 4 is 42.1 Å². The summed E-state index contributed by atoms with van der Waals surface area (Å²) >= 11 is 1.77. The van der Waals surface area contributed by atoms with E-state index < -0.39 is 0 Å². The zero-order chi connectivity index (χ0) is 14.9. The van der Waals surface area contributed by atoms with Gasteiger partial charge in [-0.05, 0) is 51.1 Å². The van der Waals surface area contributed by atoms with Gasteiger partial charge in [-0.1, -0.05) is 6.92 Å². The molecule has 2 aliphatic rings. The lowest BCUT2D eigenvalue weighted by Crippen LogP contribution is -2.34. The van der Waals surface area contributed by atoms with Crippen LogP contribution in [0.15, 0.2) is 0 Å². The van der Waals surface area contributed by atoms with Gasteiger partial charge in [-0.15, -0.1) is 36.2 Å². The van der Waals surface area contributed by atoms with Gasteiger partial charge in [0.1, 0.15) is 0 Å². The predicted molar refractivity (Wildman–Crippen MR) is 100 cm³/mol. The van der Waals surface area contributed by atoms with Crippen LogP contribution in [0.4, 0.5) is 0 Å². The molecule has 1 amide bonds. The highest BCUT2D eigenvalue weighted by atomic mass is 35.5. The number of thiazole rings is 1. The lowest BCUT2D eigenvalue weighted by Gasteiger charge is -2.23. The van der Waals surface area contributed by atoms with Gasteiger partial charge in [0, 0.05) is 23.8 Å². The number of rotatable bonds is 5. The minimum absolute atomic E-state index is 0. The van der Waals surface area contributed by atoms with E-state index >= 15 is 0 Å². The van der Waals surface area contributed by atoms with Gasteiger partial charge in [0.15, 0.2) is 0 Å². The van der Waals surface area contributed by atoms with Crippen molar-refractivity contribution in [1.29, 1.82) is 0 Å². The van der Waals surface area contributed by atoms with Crippen molar-refractivity contribution in [3.8, 4) is 0 Å². The number of nitrogens with zero attached hydrogens (tertiary/aromatic N) is 1. The molecule has 1 aromatic heterocycles. The van der Waals surface area contributed by atoms with Crippen LogP contribution in [0.3, 0.4) is 0 Å². The number of carbonyl (C=O) groups is 1. The Morgan fingerprint density at radius 3 is 2.70 bits per heavy atom. The molecule has 1 atom stereocenters. The van der Waals surface area contributed by atoms with Crippen molar-refractivity contribution in [3.05, 3.63) is 15.6 Å². The zero-order valence-corrected chi connectivity index (χ0v) is 16.3. The Labute approximate surface area is 155 Å². The Balaban J connectivity index is 0.00000132. The predicted octanol–water partition coefficient (Wildman–Crippen LogP) is 2.91. The molecule has 0 aromatic carbocycles. The summed E-state index contributed by atoms with van der Waals surface area (Å²) in [5, 5.41) is 7.65. The summed E-state index contributed by atoms with van der Waals surface area (Å²) in [4.78, 5) is 18.2. The molecule has 1 aliphatic carbocycles. The summed E-state index contributed by atoms with van der Waals surface area (Å²) in [5.74, 6) is 0.532. The van der Waals surface area contributed by atoms with E-state index in [9.17, 15) is 4.79 Å². The molecule has 0 bridgehead atoms. The molecule has 1 unspecified atom stereocenters. The highest BCUT2D eigenvalue weighted by Gasteiger charge is 2.57. The maximum Gasteiger partial charge on any atom is 0.223 e. The minimum atomic E-state index is 0. The van der Waals surface area contributed by atoms with Gasteiger partial charge in [0.05, 0.1) is 10.7 Å². The van der Waals surface area contributed by atoms with Crippen LogP contribution in [0.5, 0.6) is 0 Å². The number of hydrogen-bond acceptors (Lipinski definition) is 4. The van der Waals surface area contributed by atoms with Crippen LogP contribution in [0.1, 0.15) is 41.8 Å². The first-order chi connectivity index (χ1) is 10.1. The number of aryl methyl sites for hydroxylation is 2. The van der Waals surface area contributed by atoms with E-state index in [-0.39, 0.29) is 36.6 Å². The van der Waals surface area contributed by atoms with E-state index in [1.165, 1.54) is 10.6 Å². The second-order valence-corrected chi connectivity index (χ2v) is 7.66. The molecule has 1 saturated carbocycles. The molecule has 0 radical (unpaired) electrons. The molecule has 23 heavy (non-hydrogen) atoms. The van der Waals surface area contributed by atoms with Crippen LogP contribution in [0, 0.1) is 18.3 Å². The standard InChI is InChI=1S/C16H25N3OS.2ClH/c1-3-13-11(2)21-14(19-13)4-7-18-15(20)12-10-16(12)5-8-17-9-6-16;;/h12,17H,3-10H2,1-2H3,(H,18,20);2*1H. The summed E-state index contributed by atoms with van der Waals surface area (Å²) < 4.78 is 0. The van der Waals surface area contributed by atoms with E-state index in [0.717, 1.165) is 56.7 Å². The van der Waals surface area contributed by atoms with Crippen molar-refractivity contribution in [2.45, 2.75) is 46.0 Å². The summed E-state index contributed by atoms with van der Waals surface area (Å²) in [6.07, 6.45) is 5.27. The quantitative estimate of drug-likeness (QED) is 0.826. The summed E-state index contributed by atoms with van der Waals surface area (Å²) in [7, 11) is 0. The number of amides is 1. The maximum atomic E-state index is 12.2. The SMILES string of the molecule is CCc1nc(CCNC(=O)C2CC23CCNCC3)sc1C.Cl.Cl. The highest BCUT2D eigenvalue weighted by Crippen LogP contribution is 2.58. The monoisotopic (exact) mass is 379 g/mol. The van der Waals surface area contributed by atoms with Crippen molar-refractivity contribution in [2.24, 2.45) is 11.3 Å². The van der Waals surface area contributed by atoms with Crippen LogP contribution >= 0.6 is 36.2 Å². The van der Waals surface area contributed by atoms with E-state index in [1.807, 2.05) is 0 Å². The summed E-state index contributed by atoms with van der Waals surface area (Å²) in [5.41, 5.74) is 1.54. The molecule has 2 fully saturated rings. The normalized spacial score (nSPS) is 21.2. The Bertz CT molecular complexity index is 529. The number of carbonyl (C=O) groups excluding carboxylic acids is 1. The molecule has 1 saturated heterocycles. The van der Waals surface area contributed by atoms with Crippen molar-refractivity contribution < 1.29 is 4.79 Å². The van der Waals surface area contributed by atoms with Gasteiger partial charge < -0.3 is 10.6 Å². The average molecular weight is 380 g/mol. The molecule has 2 N–H and O–H groups in total. The van der Waals surface area contributed by atoms with Gasteiger partial charge in [0.25, 0.3) is 0 Å². The lowest BCUT2D eigenvalue weighted by atomic mass is 9.92. The van der Waals surface area contributed by atoms with Crippen LogP contribution in [0.2, 0.25) is 0 Å². The van der Waals surface area contributed by atoms with Crippen LogP contribution in [-0.4, -0.2) is 30.5 Å². The van der Waals surface area contributed by atoms with Crippen LogP contribution in [0.25, 0.3) is 0 Å². The van der Waals surface area contributed by atoms with Crippen LogP contribution in [-0.2, 0) is 17.6 Å². The minimum Gasteiger partial charge on any atom is -0.355 e. The third-order valence-electron chi connectivity index (χ3n) is 5.02. The molecule has 7 heteroatoms. The molecular formula is C16H27Cl2N3OS. The fourth-order valence-corrected chi connectivity index (χ4v) is 4.56. The van der Waals surface area contributed by atoms with Crippen molar-refractivity contribution in [1.82, 2.24) is 15.6 Å². The Morgan fingerprint density at radius 1 is 1.39 bits per heavy atom. The number of halogens is 2. The molecule has 132 valence electrons. The van der Waals surface area contributed by atoms with Crippen molar-refractivity contribution in [3.63, 3.8) is 0 Å². The van der Waals surface area contributed by atoms with E-state index in [4.69, 9.17) is 0 Å². The van der Waals surface area contributed by atoms with Crippen LogP contribution < -0.4 is 10.6 Å². The highest BCUT2D eigenvalue weighted by molar-refractivity contribution is 7.11. The first kappa shape index (κ1) is 20.7. The lowest BCUT2D eigenvalue weighted by molar-refractivity contribution is -0.123. The molecule has 2 heterocycles. The summed E-state index contributed by atoms with van der Waals surface area (Å²) in [6, 6.07) is 0. The molecule has 4 nitrogen and oxygen atoms in total. The molecule has 1 spiro atoms. The van der Waals surface area contributed by atoms with E-state index in [0.29, 0.717) is 5.41 Å². The first-order valence-electron chi connectivity index (χ1n) is 8.08. The van der Waals surface area contributed by atoms with E-state index in [1.54, 1.807) is 11.3 Å². The van der Waals surface area contributed by atoms with Gasteiger partial charge in [-0.3, -0.25) is 4.79 Å². The van der Waals surface area contributed by atoms with Gasteiger partial charge in [-0.2, -0.15) is 0 Å². The van der Waals surface area contributed by atoms with E-state index in [2.05, 4.69) is 29.5 Å². The Morgan fingerprint density at radius 2 is 2.09 bits per heavy atom. The largest absolute Gasteiger partial charge is 0.355 e. The topological polar surface area (TPSA) is 54.0 Å². The first-order valence-corrected chi connectivity index (χ1v) is 8.90. The fraction of sp³-hybridized carbons (Fsp3) is 0.750. The smallest absolute Gasteiger partial charge is 0.223 e. The average Bonchev–Trinajstić information content (AvgIpc) is 3.04. The second kappa shape index (κ2) is 8.65. The van der Waals surface area contributed by atoms with Gasteiger partial charge >= 0.3 is 0 Å². The van der Waals surface area contributed by atoms with Gasteiger partial charge in [0.2, 0.25) is 5.91 Å². The second-order valence-electron chi connectivity index (χ2n) is 6.37. The molecular weight excluding hydrogens is 353 g/mol. The summed E-state index contributed by atoms with van der Waals surface area (Å²) in [6.45, 7) is 7.13. The maximum absolute atomic E-state index is 12.2. The number of piperidine rings is 1.